The quantitative estimate of drug-likeness (QED) is 0.223. The molecular weight excluding hydrogens is 515 g/mol. The number of carboxylic acid groups (broad SMARTS) is 1. The number of nitro groups is 1. The van der Waals surface area contributed by atoms with Crippen LogP contribution in [-0.4, -0.2) is 23.1 Å². The second-order valence-corrected chi connectivity index (χ2v) is 7.72. The number of hydrogen-bond donors (Lipinski definition) is 2. The molecule has 0 aliphatic heterocycles. The van der Waals surface area contributed by atoms with Crippen LogP contribution < -0.4 is 14.8 Å². The van der Waals surface area contributed by atoms with Crippen molar-refractivity contribution in [1.29, 1.82) is 0 Å². The first-order valence-corrected chi connectivity index (χ1v) is 10.2. The van der Waals surface area contributed by atoms with Crippen molar-refractivity contribution in [2.75, 3.05) is 12.4 Å². The number of nitrogens with zero attached hydrogens (tertiary/aromatic N) is 1. The van der Waals surface area contributed by atoms with E-state index in [1.54, 1.807) is 37.4 Å². The highest BCUT2D eigenvalue weighted by Gasteiger charge is 2.13. The Labute approximate surface area is 192 Å². The number of hydrogen-bond acceptors (Lipinski definition) is 6. The molecule has 0 unspecified atom stereocenters. The van der Waals surface area contributed by atoms with Gasteiger partial charge < -0.3 is 19.9 Å². The second kappa shape index (κ2) is 10.1. The molecule has 2 N–H and O–H groups in total. The topological polar surface area (TPSA) is 111 Å². The minimum Gasteiger partial charge on any atom is -0.493 e. The summed E-state index contributed by atoms with van der Waals surface area (Å²) < 4.78 is 12.2. The van der Waals surface area contributed by atoms with Crippen LogP contribution in [0.15, 0.2) is 60.7 Å². The summed E-state index contributed by atoms with van der Waals surface area (Å²) >= 11 is 2.16. The lowest BCUT2D eigenvalue weighted by Gasteiger charge is -2.15. The maximum Gasteiger partial charge on any atom is 0.335 e. The van der Waals surface area contributed by atoms with Gasteiger partial charge in [0.1, 0.15) is 6.61 Å². The maximum absolute atomic E-state index is 11.1. The number of methoxy groups -OCH3 is 1. The summed E-state index contributed by atoms with van der Waals surface area (Å²) in [7, 11) is 1.55. The van der Waals surface area contributed by atoms with Crippen molar-refractivity contribution in [2.45, 2.75) is 13.2 Å². The highest BCUT2D eigenvalue weighted by molar-refractivity contribution is 14.1. The van der Waals surface area contributed by atoms with E-state index >= 15 is 0 Å². The fraction of sp³-hybridized carbons (Fsp3) is 0.136. The van der Waals surface area contributed by atoms with Crippen LogP contribution in [0, 0.1) is 13.7 Å². The highest BCUT2D eigenvalue weighted by Crippen LogP contribution is 2.35. The van der Waals surface area contributed by atoms with Gasteiger partial charge in [-0.2, -0.15) is 0 Å². The average molecular weight is 534 g/mol. The van der Waals surface area contributed by atoms with Gasteiger partial charge in [0, 0.05) is 24.4 Å². The van der Waals surface area contributed by atoms with Gasteiger partial charge in [0.25, 0.3) is 5.69 Å². The Bertz CT molecular complexity index is 1100. The standard InChI is InChI=1S/C22H19IN2O6/c1-30-20-10-15(12-24-17-4-2-3-16(11-17)22(26)27)9-19(23)21(20)31-13-14-5-7-18(8-6-14)25(28)29/h2-11,24H,12-13H2,1H3,(H,26,27). The number of halogens is 1. The van der Waals surface area contributed by atoms with Gasteiger partial charge in [-0.15, -0.1) is 0 Å². The van der Waals surface area contributed by atoms with Crippen molar-refractivity contribution in [3.05, 3.63) is 91.0 Å². The molecule has 0 fully saturated rings. The molecule has 8 nitrogen and oxygen atoms in total. The van der Waals surface area contributed by atoms with Gasteiger partial charge in [-0.3, -0.25) is 10.1 Å². The van der Waals surface area contributed by atoms with E-state index in [0.717, 1.165) is 14.7 Å². The van der Waals surface area contributed by atoms with Crippen molar-refractivity contribution in [2.24, 2.45) is 0 Å². The molecule has 0 radical (unpaired) electrons. The lowest BCUT2D eigenvalue weighted by Crippen LogP contribution is -2.04. The largest absolute Gasteiger partial charge is 0.493 e. The van der Waals surface area contributed by atoms with Gasteiger partial charge >= 0.3 is 5.97 Å². The van der Waals surface area contributed by atoms with Crippen LogP contribution in [0.1, 0.15) is 21.5 Å². The molecule has 9 heteroatoms. The van der Waals surface area contributed by atoms with E-state index in [4.69, 9.17) is 14.6 Å². The summed E-state index contributed by atoms with van der Waals surface area (Å²) in [6.45, 7) is 0.710. The number of nitro benzene ring substituents is 1. The fourth-order valence-electron chi connectivity index (χ4n) is 2.85. The Morgan fingerprint density at radius 1 is 1.13 bits per heavy atom. The number of non-ortho nitro benzene ring substituents is 1. The zero-order valence-electron chi connectivity index (χ0n) is 16.5. The Morgan fingerprint density at radius 3 is 2.52 bits per heavy atom. The van der Waals surface area contributed by atoms with Crippen LogP contribution in [0.4, 0.5) is 11.4 Å². The smallest absolute Gasteiger partial charge is 0.335 e. The van der Waals surface area contributed by atoms with Gasteiger partial charge in [0.2, 0.25) is 0 Å². The molecule has 3 aromatic carbocycles. The molecule has 3 rings (SSSR count). The SMILES string of the molecule is COc1cc(CNc2cccc(C(=O)O)c2)cc(I)c1OCc1ccc([N+](=O)[O-])cc1. The van der Waals surface area contributed by atoms with Gasteiger partial charge in [-0.05, 0) is 76.2 Å². The normalized spacial score (nSPS) is 10.4. The van der Waals surface area contributed by atoms with Crippen LogP contribution in [0.3, 0.4) is 0 Å². The van der Waals surface area contributed by atoms with Crippen molar-refractivity contribution in [3.8, 4) is 11.5 Å². The first kappa shape index (κ1) is 22.3. The monoisotopic (exact) mass is 534 g/mol. The molecule has 0 aromatic heterocycles. The van der Waals surface area contributed by atoms with Gasteiger partial charge in [-0.1, -0.05) is 6.07 Å². The average Bonchev–Trinajstić information content (AvgIpc) is 2.77. The number of aromatic carboxylic acids is 1. The molecule has 0 saturated heterocycles. The third-order valence-electron chi connectivity index (χ3n) is 4.43. The van der Waals surface area contributed by atoms with E-state index in [9.17, 15) is 14.9 Å². The molecule has 0 bridgehead atoms. The zero-order chi connectivity index (χ0) is 22.4. The minimum absolute atomic E-state index is 0.0293. The van der Waals surface area contributed by atoms with Crippen molar-refractivity contribution < 1.29 is 24.3 Å². The van der Waals surface area contributed by atoms with E-state index in [1.807, 2.05) is 12.1 Å². The van der Waals surface area contributed by atoms with Crippen molar-refractivity contribution in [3.63, 3.8) is 0 Å². The summed E-state index contributed by atoms with van der Waals surface area (Å²) in [6.07, 6.45) is 0. The molecule has 0 aliphatic carbocycles. The summed E-state index contributed by atoms with van der Waals surface area (Å²) in [6, 6.07) is 16.6. The molecule has 160 valence electrons. The van der Waals surface area contributed by atoms with Crippen LogP contribution in [0.25, 0.3) is 0 Å². The third-order valence-corrected chi connectivity index (χ3v) is 5.23. The summed E-state index contributed by atoms with van der Waals surface area (Å²) in [4.78, 5) is 21.4. The number of ether oxygens (including phenoxy) is 2. The molecule has 0 aliphatic rings. The summed E-state index contributed by atoms with van der Waals surface area (Å²) in [5, 5.41) is 23.1. The van der Waals surface area contributed by atoms with E-state index in [2.05, 4.69) is 27.9 Å². The Morgan fingerprint density at radius 2 is 1.87 bits per heavy atom. The molecule has 0 spiro atoms. The third kappa shape index (κ3) is 5.85. The number of benzene rings is 3. The first-order valence-electron chi connectivity index (χ1n) is 9.17. The van der Waals surface area contributed by atoms with Crippen LogP contribution in [0.2, 0.25) is 0 Å². The Kier molecular flexibility index (Phi) is 7.29. The predicted molar refractivity (Wildman–Crippen MR) is 124 cm³/mol. The van der Waals surface area contributed by atoms with Crippen molar-refractivity contribution in [1.82, 2.24) is 0 Å². The second-order valence-electron chi connectivity index (χ2n) is 6.56. The van der Waals surface area contributed by atoms with Crippen molar-refractivity contribution >= 4 is 39.9 Å². The number of carbonyl (C=O) groups is 1. The highest BCUT2D eigenvalue weighted by atomic mass is 127. The predicted octanol–water partition coefficient (Wildman–Crippen LogP) is 5.10. The molecular formula is C22H19IN2O6. The minimum atomic E-state index is -0.977. The molecule has 0 atom stereocenters. The van der Waals surface area contributed by atoms with Crippen LogP contribution >= 0.6 is 22.6 Å². The van der Waals surface area contributed by atoms with Gasteiger partial charge in [0.05, 0.1) is 21.2 Å². The fourth-order valence-corrected chi connectivity index (χ4v) is 3.67. The first-order chi connectivity index (χ1) is 14.9. The Balaban J connectivity index is 1.70. The lowest BCUT2D eigenvalue weighted by molar-refractivity contribution is -0.384. The summed E-state index contributed by atoms with van der Waals surface area (Å²) in [5.74, 6) is 0.164. The number of nitrogens with one attached hydrogen (secondary N) is 1. The maximum atomic E-state index is 11.1. The van der Waals surface area contributed by atoms with E-state index in [1.165, 1.54) is 18.2 Å². The molecule has 0 heterocycles. The van der Waals surface area contributed by atoms with Gasteiger partial charge in [0.15, 0.2) is 11.5 Å². The zero-order valence-corrected chi connectivity index (χ0v) is 18.7. The molecule has 0 amide bonds. The Hall–Kier alpha value is -3.34. The van der Waals surface area contributed by atoms with Crippen LogP contribution in [0.5, 0.6) is 11.5 Å². The number of rotatable bonds is 9. The molecule has 3 aromatic rings. The van der Waals surface area contributed by atoms with E-state index < -0.39 is 10.9 Å². The number of carboxylic acids is 1. The number of anilines is 1. The van der Waals surface area contributed by atoms with E-state index in [-0.39, 0.29) is 17.9 Å². The summed E-state index contributed by atoms with van der Waals surface area (Å²) in [5.41, 5.74) is 2.68. The van der Waals surface area contributed by atoms with Crippen LogP contribution in [-0.2, 0) is 13.2 Å². The van der Waals surface area contributed by atoms with E-state index in [0.29, 0.717) is 23.7 Å². The molecule has 0 saturated carbocycles. The molecule has 31 heavy (non-hydrogen) atoms. The lowest BCUT2D eigenvalue weighted by atomic mass is 10.1. The van der Waals surface area contributed by atoms with Gasteiger partial charge in [-0.25, -0.2) is 4.79 Å².